The van der Waals surface area contributed by atoms with Crippen molar-refractivity contribution in [1.82, 2.24) is 5.32 Å². The molecule has 0 aliphatic heterocycles. The molecule has 1 N–H and O–H groups in total. The third-order valence-electron chi connectivity index (χ3n) is 6.11. The summed E-state index contributed by atoms with van der Waals surface area (Å²) < 4.78 is 6.74. The summed E-state index contributed by atoms with van der Waals surface area (Å²) in [6.45, 7) is 21.7. The van der Waals surface area contributed by atoms with Crippen molar-refractivity contribution in [3.63, 3.8) is 0 Å². The Bertz CT molecular complexity index is 763. The van der Waals surface area contributed by atoms with E-state index in [2.05, 4.69) is 63.2 Å². The minimum absolute atomic E-state index is 0.0397. The highest BCUT2D eigenvalue weighted by Gasteiger charge is 2.35. The Balaban J connectivity index is 2.28. The summed E-state index contributed by atoms with van der Waals surface area (Å²) in [5, 5.41) is 3.42. The van der Waals surface area contributed by atoms with Gasteiger partial charge in [-0.15, -0.1) is 0 Å². The van der Waals surface area contributed by atoms with E-state index in [1.807, 2.05) is 19.9 Å². The minimum atomic E-state index is -0.0397. The highest BCUT2D eigenvalue weighted by atomic mass is 16.5. The lowest BCUT2D eigenvalue weighted by Crippen LogP contribution is -2.39. The summed E-state index contributed by atoms with van der Waals surface area (Å²) in [5.74, 6) is 1.73. The Morgan fingerprint density at radius 3 is 2.41 bits per heavy atom. The van der Waals surface area contributed by atoms with Crippen LogP contribution >= 0.6 is 0 Å². The fraction of sp³-hybridized carbons (Fsp3) is 0.481. The SMILES string of the molecule is C=C/C(=C\C)CNC(=C)c1cc(OC2(CCC)CCC(C)CC2)cc(C(=C)C)c1. The smallest absolute Gasteiger partial charge is 0.121 e. The van der Waals surface area contributed by atoms with E-state index in [0.29, 0.717) is 6.54 Å². The van der Waals surface area contributed by atoms with Gasteiger partial charge in [0.05, 0.1) is 0 Å². The second-order valence-electron chi connectivity index (χ2n) is 8.64. The summed E-state index contributed by atoms with van der Waals surface area (Å²) in [6.07, 6.45) is 10.9. The van der Waals surface area contributed by atoms with Crippen LogP contribution in [0.5, 0.6) is 5.75 Å². The van der Waals surface area contributed by atoms with Crippen molar-refractivity contribution in [1.29, 1.82) is 0 Å². The fourth-order valence-electron chi connectivity index (χ4n) is 4.08. The molecule has 1 saturated carbocycles. The van der Waals surface area contributed by atoms with Crippen molar-refractivity contribution in [2.75, 3.05) is 6.54 Å². The van der Waals surface area contributed by atoms with Crippen LogP contribution in [0.2, 0.25) is 0 Å². The predicted molar refractivity (Wildman–Crippen MR) is 128 cm³/mol. The van der Waals surface area contributed by atoms with Gasteiger partial charge in [-0.05, 0) is 81.2 Å². The topological polar surface area (TPSA) is 21.3 Å². The molecule has 0 saturated heterocycles. The first-order valence-corrected chi connectivity index (χ1v) is 11.0. The van der Waals surface area contributed by atoms with Crippen molar-refractivity contribution in [3.8, 4) is 5.75 Å². The molecule has 1 aromatic rings. The molecule has 1 aromatic carbocycles. The molecule has 1 aliphatic carbocycles. The van der Waals surface area contributed by atoms with E-state index in [-0.39, 0.29) is 5.60 Å². The molecule has 2 nitrogen and oxygen atoms in total. The molecular weight excluding hydrogens is 354 g/mol. The highest BCUT2D eigenvalue weighted by molar-refractivity contribution is 5.71. The quantitative estimate of drug-likeness (QED) is 0.415. The van der Waals surface area contributed by atoms with Crippen LogP contribution in [-0.4, -0.2) is 12.1 Å². The van der Waals surface area contributed by atoms with Crippen LogP contribution in [-0.2, 0) is 0 Å². The highest BCUT2D eigenvalue weighted by Crippen LogP contribution is 2.39. The zero-order valence-electron chi connectivity index (χ0n) is 18.9. The van der Waals surface area contributed by atoms with Crippen LogP contribution in [0.15, 0.2) is 55.7 Å². The second-order valence-corrected chi connectivity index (χ2v) is 8.64. The van der Waals surface area contributed by atoms with Crippen molar-refractivity contribution >= 4 is 11.3 Å². The van der Waals surface area contributed by atoms with Crippen LogP contribution < -0.4 is 10.1 Å². The number of allylic oxidation sites excluding steroid dienone is 2. The van der Waals surface area contributed by atoms with Crippen LogP contribution in [0.3, 0.4) is 0 Å². The average molecular weight is 394 g/mol. The lowest BCUT2D eigenvalue weighted by atomic mass is 9.77. The molecular formula is C27H39NO. The number of ether oxygens (including phenoxy) is 1. The van der Waals surface area contributed by atoms with Gasteiger partial charge in [-0.1, -0.05) is 57.7 Å². The Labute approximate surface area is 178 Å². The van der Waals surface area contributed by atoms with Crippen molar-refractivity contribution < 1.29 is 4.74 Å². The van der Waals surface area contributed by atoms with E-state index in [4.69, 9.17) is 4.74 Å². The second kappa shape index (κ2) is 10.5. The van der Waals surface area contributed by atoms with Crippen LogP contribution in [0.4, 0.5) is 0 Å². The molecule has 0 spiro atoms. The molecule has 0 unspecified atom stereocenters. The van der Waals surface area contributed by atoms with Crippen molar-refractivity contribution in [2.24, 2.45) is 5.92 Å². The number of nitrogens with one attached hydrogen (secondary N) is 1. The maximum absolute atomic E-state index is 6.74. The Kier molecular flexibility index (Phi) is 8.37. The van der Waals surface area contributed by atoms with Crippen molar-refractivity contribution in [3.05, 3.63) is 66.8 Å². The monoisotopic (exact) mass is 393 g/mol. The number of rotatable bonds is 10. The van der Waals surface area contributed by atoms with E-state index < -0.39 is 0 Å². The third kappa shape index (κ3) is 6.39. The van der Waals surface area contributed by atoms with Gasteiger partial charge >= 0.3 is 0 Å². The molecule has 2 heteroatoms. The van der Waals surface area contributed by atoms with Gasteiger partial charge in [-0.3, -0.25) is 0 Å². The standard InChI is InChI=1S/C27H39NO/c1-8-13-27(14-11-21(6)12-15-27)29-26-17-24(20(4)5)16-25(18-26)22(7)28-19-23(9-2)10-3/h9-10,16-18,21,28H,2,4,7-8,11-15,19H2,1,3,5-6H3/b23-10+. The van der Waals surface area contributed by atoms with E-state index in [9.17, 15) is 0 Å². The van der Waals surface area contributed by atoms with E-state index >= 15 is 0 Å². The summed E-state index contributed by atoms with van der Waals surface area (Å²) in [6, 6.07) is 6.40. The first-order chi connectivity index (χ1) is 13.8. The number of benzene rings is 1. The van der Waals surface area contributed by atoms with Crippen LogP contribution in [0.1, 0.15) is 77.3 Å². The predicted octanol–water partition coefficient (Wildman–Crippen LogP) is 7.54. The van der Waals surface area contributed by atoms with Gasteiger partial charge in [0.15, 0.2) is 0 Å². The largest absolute Gasteiger partial charge is 0.487 e. The fourth-order valence-corrected chi connectivity index (χ4v) is 4.08. The molecule has 0 heterocycles. The molecule has 29 heavy (non-hydrogen) atoms. The molecule has 0 atom stereocenters. The molecule has 1 aliphatic rings. The lowest BCUT2D eigenvalue weighted by molar-refractivity contribution is 0.00949. The van der Waals surface area contributed by atoms with E-state index in [0.717, 1.165) is 65.3 Å². The molecule has 0 radical (unpaired) electrons. The average Bonchev–Trinajstić information content (AvgIpc) is 2.70. The Morgan fingerprint density at radius 1 is 1.21 bits per heavy atom. The zero-order chi connectivity index (χ0) is 21.4. The molecule has 1 fully saturated rings. The van der Waals surface area contributed by atoms with Gasteiger partial charge in [0.25, 0.3) is 0 Å². The molecule has 2 rings (SSSR count). The van der Waals surface area contributed by atoms with Crippen LogP contribution in [0, 0.1) is 5.92 Å². The first kappa shape index (κ1) is 23.1. The minimum Gasteiger partial charge on any atom is -0.487 e. The first-order valence-electron chi connectivity index (χ1n) is 11.0. The molecule has 158 valence electrons. The van der Waals surface area contributed by atoms with Crippen molar-refractivity contribution in [2.45, 2.75) is 71.8 Å². The normalized spacial score (nSPS) is 22.1. The Morgan fingerprint density at radius 2 is 1.86 bits per heavy atom. The van der Waals surface area contributed by atoms with Gasteiger partial charge in [0.1, 0.15) is 11.4 Å². The Hall–Kier alpha value is -2.22. The lowest BCUT2D eigenvalue weighted by Gasteiger charge is -2.40. The summed E-state index contributed by atoms with van der Waals surface area (Å²) in [5.41, 5.74) is 5.19. The van der Waals surface area contributed by atoms with E-state index in [1.54, 1.807) is 0 Å². The summed E-state index contributed by atoms with van der Waals surface area (Å²) >= 11 is 0. The van der Waals surface area contributed by atoms with Gasteiger partial charge in [-0.25, -0.2) is 0 Å². The maximum atomic E-state index is 6.74. The van der Waals surface area contributed by atoms with E-state index in [1.165, 1.54) is 12.8 Å². The van der Waals surface area contributed by atoms with Gasteiger partial charge < -0.3 is 10.1 Å². The summed E-state index contributed by atoms with van der Waals surface area (Å²) in [7, 11) is 0. The maximum Gasteiger partial charge on any atom is 0.121 e. The molecule has 0 bridgehead atoms. The molecule has 0 aromatic heterocycles. The summed E-state index contributed by atoms with van der Waals surface area (Å²) in [4.78, 5) is 0. The third-order valence-corrected chi connectivity index (χ3v) is 6.11. The van der Waals surface area contributed by atoms with Gasteiger partial charge in [-0.2, -0.15) is 0 Å². The van der Waals surface area contributed by atoms with Gasteiger partial charge in [0.2, 0.25) is 0 Å². The number of hydrogen-bond acceptors (Lipinski definition) is 2. The van der Waals surface area contributed by atoms with Gasteiger partial charge in [0, 0.05) is 17.8 Å². The molecule has 0 amide bonds. The zero-order valence-corrected chi connectivity index (χ0v) is 18.9. The number of hydrogen-bond donors (Lipinski definition) is 1. The van der Waals surface area contributed by atoms with Crippen LogP contribution in [0.25, 0.3) is 11.3 Å².